The smallest absolute Gasteiger partial charge is 0.310 e. The molecule has 0 aromatic heterocycles. The monoisotopic (exact) mass is 490 g/mol. The number of amides is 2. The molecule has 34 heavy (non-hydrogen) atoms. The Kier molecular flexibility index (Phi) is 7.77. The van der Waals surface area contributed by atoms with Crippen molar-refractivity contribution in [2.24, 2.45) is 17.8 Å². The highest BCUT2D eigenvalue weighted by molar-refractivity contribution is 8.02. The minimum atomic E-state index is -0.685. The van der Waals surface area contributed by atoms with Gasteiger partial charge in [0.15, 0.2) is 0 Å². The van der Waals surface area contributed by atoms with Crippen molar-refractivity contribution in [3.63, 3.8) is 0 Å². The predicted octanol–water partition coefficient (Wildman–Crippen LogP) is 2.78. The number of nitrogens with zero attached hydrogens (tertiary/aromatic N) is 2. The van der Waals surface area contributed by atoms with Crippen LogP contribution in [-0.4, -0.2) is 81.1 Å². The molecule has 8 heteroatoms. The van der Waals surface area contributed by atoms with E-state index in [1.165, 1.54) is 6.42 Å². The van der Waals surface area contributed by atoms with Crippen molar-refractivity contribution < 1.29 is 24.2 Å². The molecule has 3 unspecified atom stereocenters. The molecular weight excluding hydrogens is 452 g/mol. The maximum absolute atomic E-state index is 14.3. The lowest BCUT2D eigenvalue weighted by atomic mass is 9.66. The summed E-state index contributed by atoms with van der Waals surface area (Å²) < 4.78 is 4.85. The Bertz CT molecular complexity index is 828. The fourth-order valence-corrected chi connectivity index (χ4v) is 9.27. The van der Waals surface area contributed by atoms with Gasteiger partial charge < -0.3 is 19.6 Å². The van der Waals surface area contributed by atoms with E-state index < -0.39 is 22.6 Å². The Hall–Kier alpha value is -1.80. The van der Waals surface area contributed by atoms with E-state index in [1.54, 1.807) is 28.8 Å². The van der Waals surface area contributed by atoms with Crippen molar-refractivity contribution in [3.8, 4) is 0 Å². The van der Waals surface area contributed by atoms with Crippen LogP contribution in [0.1, 0.15) is 51.9 Å². The van der Waals surface area contributed by atoms with Crippen molar-refractivity contribution in [2.45, 2.75) is 74.0 Å². The van der Waals surface area contributed by atoms with Crippen molar-refractivity contribution in [1.82, 2.24) is 9.80 Å². The third-order valence-electron chi connectivity index (χ3n) is 8.28. The lowest BCUT2D eigenvalue weighted by molar-refractivity contribution is -0.154. The van der Waals surface area contributed by atoms with Gasteiger partial charge in [0, 0.05) is 24.4 Å². The number of hydrogen-bond acceptors (Lipinski definition) is 6. The molecule has 0 aromatic carbocycles. The van der Waals surface area contributed by atoms with Gasteiger partial charge in [0.2, 0.25) is 11.8 Å². The summed E-state index contributed by atoms with van der Waals surface area (Å²) in [6.07, 6.45) is 10.1. The maximum atomic E-state index is 14.3. The van der Waals surface area contributed by atoms with E-state index in [-0.39, 0.29) is 54.8 Å². The van der Waals surface area contributed by atoms with Gasteiger partial charge in [-0.05, 0) is 31.6 Å². The number of ether oxygens (including phenoxy) is 1. The van der Waals surface area contributed by atoms with Crippen molar-refractivity contribution >= 4 is 29.5 Å². The van der Waals surface area contributed by atoms with E-state index in [4.69, 9.17) is 4.74 Å². The van der Waals surface area contributed by atoms with Gasteiger partial charge in [-0.15, -0.1) is 24.9 Å². The third kappa shape index (κ3) is 4.00. The molecule has 4 aliphatic rings. The zero-order valence-corrected chi connectivity index (χ0v) is 21.0. The molecule has 1 N–H and O–H groups in total. The molecule has 2 bridgehead atoms. The lowest BCUT2D eigenvalue weighted by Gasteiger charge is -2.43. The highest BCUT2D eigenvalue weighted by Crippen LogP contribution is 2.68. The zero-order valence-electron chi connectivity index (χ0n) is 20.2. The average molecular weight is 491 g/mol. The second kappa shape index (κ2) is 10.4. The van der Waals surface area contributed by atoms with E-state index in [1.807, 2.05) is 4.90 Å². The molecule has 4 fully saturated rings. The van der Waals surface area contributed by atoms with Crippen LogP contribution in [-0.2, 0) is 19.1 Å². The number of rotatable bonds is 10. The molecule has 1 aliphatic carbocycles. The molecule has 1 saturated carbocycles. The number of carbonyl (C=O) groups is 3. The van der Waals surface area contributed by atoms with Gasteiger partial charge in [0.05, 0.1) is 29.8 Å². The van der Waals surface area contributed by atoms with Crippen molar-refractivity contribution in [2.75, 3.05) is 26.3 Å². The summed E-state index contributed by atoms with van der Waals surface area (Å²) in [7, 11) is 0. The summed E-state index contributed by atoms with van der Waals surface area (Å²) in [5.74, 6) is -1.65. The molecule has 2 amide bonds. The van der Waals surface area contributed by atoms with E-state index in [0.717, 1.165) is 32.1 Å². The van der Waals surface area contributed by atoms with Gasteiger partial charge in [-0.3, -0.25) is 14.4 Å². The lowest BCUT2D eigenvalue weighted by Crippen LogP contribution is -2.59. The number of thioether (sulfide) groups is 1. The summed E-state index contributed by atoms with van der Waals surface area (Å²) >= 11 is 1.65. The van der Waals surface area contributed by atoms with Crippen LogP contribution in [0.25, 0.3) is 0 Å². The topological polar surface area (TPSA) is 87.1 Å². The minimum absolute atomic E-state index is 0.0331. The molecular formula is C26H38N2O5S. The fourth-order valence-electron chi connectivity index (χ4n) is 6.86. The summed E-state index contributed by atoms with van der Waals surface area (Å²) in [6, 6.07) is -0.547. The number of fused-ring (bicyclic) bond motifs is 1. The van der Waals surface area contributed by atoms with Crippen LogP contribution in [0, 0.1) is 17.8 Å². The van der Waals surface area contributed by atoms with Crippen LogP contribution in [0.5, 0.6) is 0 Å². The average Bonchev–Trinajstić information content (AvgIpc) is 3.42. The molecule has 3 saturated heterocycles. The van der Waals surface area contributed by atoms with Gasteiger partial charge in [0.1, 0.15) is 6.04 Å². The first kappa shape index (κ1) is 25.3. The Morgan fingerprint density at radius 3 is 2.65 bits per heavy atom. The summed E-state index contributed by atoms with van der Waals surface area (Å²) in [6.45, 7) is 10.2. The molecule has 0 radical (unpaired) electrons. The zero-order chi connectivity index (χ0) is 24.5. The molecule has 3 aliphatic heterocycles. The van der Waals surface area contributed by atoms with E-state index in [2.05, 4.69) is 20.1 Å². The van der Waals surface area contributed by atoms with Crippen LogP contribution in [0.15, 0.2) is 25.3 Å². The number of likely N-dealkylation sites (tertiary alicyclic amines) is 1. The Balaban J connectivity index is 1.69. The molecule has 1 spiro atoms. The number of carbonyl (C=O) groups excluding carboxylic acids is 3. The van der Waals surface area contributed by atoms with E-state index >= 15 is 0 Å². The van der Waals surface area contributed by atoms with Crippen molar-refractivity contribution in [3.05, 3.63) is 25.3 Å². The third-order valence-corrected chi connectivity index (χ3v) is 10.4. The SMILES string of the molecule is C=CCCOC(=O)[C@@H]1[C@H]2C(=O)N(CCO)C(C(=O)N(CC=C)C3CCCCC3)C23S[C@@H]1CC3C. The van der Waals surface area contributed by atoms with Crippen LogP contribution >= 0.6 is 11.8 Å². The molecule has 0 aromatic rings. The molecule has 4 rings (SSSR count). The molecule has 3 heterocycles. The first-order valence-corrected chi connectivity index (χ1v) is 13.6. The number of aliphatic hydroxyl groups excluding tert-OH is 1. The quantitative estimate of drug-likeness (QED) is 0.288. The number of hydrogen-bond donors (Lipinski definition) is 1. The van der Waals surface area contributed by atoms with Crippen molar-refractivity contribution in [1.29, 1.82) is 0 Å². The first-order valence-electron chi connectivity index (χ1n) is 12.7. The van der Waals surface area contributed by atoms with Crippen LogP contribution in [0.4, 0.5) is 0 Å². The summed E-state index contributed by atoms with van der Waals surface area (Å²) in [5.41, 5.74) is 0. The van der Waals surface area contributed by atoms with E-state index in [9.17, 15) is 19.5 Å². The molecule has 188 valence electrons. The summed E-state index contributed by atoms with van der Waals surface area (Å²) in [4.78, 5) is 44.7. The van der Waals surface area contributed by atoms with Crippen LogP contribution in [0.3, 0.4) is 0 Å². The normalized spacial score (nSPS) is 34.7. The Morgan fingerprint density at radius 1 is 1.26 bits per heavy atom. The van der Waals surface area contributed by atoms with Gasteiger partial charge in [-0.2, -0.15) is 0 Å². The Labute approximate surface area is 206 Å². The highest BCUT2D eigenvalue weighted by Gasteiger charge is 2.76. The number of aliphatic hydroxyl groups is 1. The van der Waals surface area contributed by atoms with Crippen LogP contribution < -0.4 is 0 Å². The maximum Gasteiger partial charge on any atom is 0.310 e. The van der Waals surface area contributed by atoms with Gasteiger partial charge in [-0.25, -0.2) is 0 Å². The summed E-state index contributed by atoms with van der Waals surface area (Å²) in [5, 5.41) is 9.77. The van der Waals surface area contributed by atoms with Crippen LogP contribution in [0.2, 0.25) is 0 Å². The molecule has 6 atom stereocenters. The first-order chi connectivity index (χ1) is 16.4. The largest absolute Gasteiger partial charge is 0.465 e. The van der Waals surface area contributed by atoms with Gasteiger partial charge in [0.25, 0.3) is 0 Å². The second-order valence-corrected chi connectivity index (χ2v) is 11.7. The minimum Gasteiger partial charge on any atom is -0.465 e. The Morgan fingerprint density at radius 2 is 2.00 bits per heavy atom. The molecule has 7 nitrogen and oxygen atoms in total. The predicted molar refractivity (Wildman–Crippen MR) is 132 cm³/mol. The number of esters is 1. The van der Waals surface area contributed by atoms with E-state index in [0.29, 0.717) is 13.0 Å². The fraction of sp³-hybridized carbons (Fsp3) is 0.731. The highest BCUT2D eigenvalue weighted by atomic mass is 32.2. The van der Waals surface area contributed by atoms with Gasteiger partial charge >= 0.3 is 5.97 Å². The number of β-amino-alcohol motifs (C(OH)–C–C–N with tert-alkyl or cyclic N) is 1. The standard InChI is InChI=1S/C26H38N2O5S/c1-4-6-15-33-25(32)20-19-16-17(3)26(34-19)21(20)23(30)28(13-14-29)22(26)24(31)27(12-5-2)18-10-8-7-9-11-18/h4-5,17-22,29H,1-2,6-16H2,3H3/t17?,19-,20+,21+,22?,26?/m1/s1. The second-order valence-electron chi connectivity index (χ2n) is 10.1. The van der Waals surface area contributed by atoms with Gasteiger partial charge in [-0.1, -0.05) is 38.3 Å².